The Morgan fingerprint density at radius 1 is 1.05 bits per heavy atom. The lowest BCUT2D eigenvalue weighted by Crippen LogP contribution is -2.54. The Morgan fingerprint density at radius 3 is 2.51 bits per heavy atom. The van der Waals surface area contributed by atoms with Crippen molar-refractivity contribution in [2.75, 3.05) is 27.2 Å². The molecule has 1 aliphatic carbocycles. The number of Topliss-reactive ketones (excluding diaryl/α,β-unsaturated/α-hetero) is 1. The highest BCUT2D eigenvalue weighted by atomic mass is 32.2. The van der Waals surface area contributed by atoms with Crippen LogP contribution in [0.1, 0.15) is 28.2 Å². The smallest absolute Gasteiger partial charge is 0.194 e. The normalized spacial score (nSPS) is 18.2. The summed E-state index contributed by atoms with van der Waals surface area (Å²) >= 11 is 0.789. The Morgan fingerprint density at radius 2 is 1.79 bits per heavy atom. The van der Waals surface area contributed by atoms with Gasteiger partial charge < -0.3 is 8.92 Å². The summed E-state index contributed by atoms with van der Waals surface area (Å²) in [6.45, 7) is 0.724. The van der Waals surface area contributed by atoms with E-state index in [-0.39, 0.29) is 29.6 Å². The highest BCUT2D eigenvalue weighted by Crippen LogP contribution is 2.47. The molecular weight excluding hydrogens is 586 g/mol. The van der Waals surface area contributed by atoms with Gasteiger partial charge in [0.15, 0.2) is 35.5 Å². The minimum Gasteiger partial charge on any atom is -0.497 e. The molecule has 1 saturated heterocycles. The van der Waals surface area contributed by atoms with Crippen LogP contribution < -0.4 is 8.92 Å². The monoisotopic (exact) mass is 611 g/mol. The molecule has 0 amide bonds. The van der Waals surface area contributed by atoms with Gasteiger partial charge in [-0.05, 0) is 54.8 Å². The average molecular weight is 612 g/mol. The van der Waals surface area contributed by atoms with Crippen molar-refractivity contribution >= 4 is 24.1 Å². The number of benzene rings is 2. The number of ketones is 1. The molecule has 1 unspecified atom stereocenters. The molecule has 2 aliphatic rings. The van der Waals surface area contributed by atoms with Gasteiger partial charge >= 0.3 is 0 Å². The molecule has 0 saturated carbocycles. The van der Waals surface area contributed by atoms with Crippen molar-refractivity contribution in [3.05, 3.63) is 107 Å². The zero-order valence-electron chi connectivity index (χ0n) is 23.1. The zero-order valence-corrected chi connectivity index (χ0v) is 23.9. The summed E-state index contributed by atoms with van der Waals surface area (Å²) < 4.78 is 68.5. The number of methoxy groups -OCH3 is 1. The summed E-state index contributed by atoms with van der Waals surface area (Å²) in [5, 5.41) is 6.44. The lowest BCUT2D eigenvalue weighted by atomic mass is 9.65. The van der Waals surface area contributed by atoms with Crippen LogP contribution in [-0.4, -0.2) is 57.2 Å². The van der Waals surface area contributed by atoms with E-state index < -0.39 is 22.9 Å². The first-order chi connectivity index (χ1) is 20.7. The average Bonchev–Trinajstić information content (AvgIpc) is 3.43. The van der Waals surface area contributed by atoms with Gasteiger partial charge in [-0.1, -0.05) is 5.57 Å². The Hall–Kier alpha value is -4.20. The molecule has 222 valence electrons. The highest BCUT2D eigenvalue weighted by Gasteiger charge is 2.50. The van der Waals surface area contributed by atoms with Gasteiger partial charge in [0.05, 0.1) is 30.1 Å². The molecule has 0 bridgehead atoms. The number of hydrogen-bond acceptors (Lipinski definition) is 8. The lowest BCUT2D eigenvalue weighted by Gasteiger charge is -2.47. The van der Waals surface area contributed by atoms with E-state index in [4.69, 9.17) is 8.92 Å². The van der Waals surface area contributed by atoms with Crippen LogP contribution in [0.4, 0.5) is 17.6 Å². The third-order valence-corrected chi connectivity index (χ3v) is 8.41. The van der Waals surface area contributed by atoms with Crippen LogP contribution in [0.5, 0.6) is 11.5 Å². The number of rotatable bonds is 8. The third kappa shape index (κ3) is 5.39. The number of piperidine rings is 1. The first kappa shape index (κ1) is 28.9. The molecule has 43 heavy (non-hydrogen) atoms. The number of ether oxygens (including phenoxy) is 1. The molecule has 6 rings (SSSR count). The van der Waals surface area contributed by atoms with Crippen LogP contribution in [0.3, 0.4) is 0 Å². The molecule has 1 atom stereocenters. The number of fused-ring (bicyclic) bond motifs is 2. The minimum absolute atomic E-state index is 0.201. The van der Waals surface area contributed by atoms with Crippen LogP contribution >= 0.6 is 12.2 Å². The van der Waals surface area contributed by atoms with E-state index in [1.165, 1.54) is 25.4 Å². The number of carbonyl (C=O) groups excluding carboxylic acids is 1. The summed E-state index contributed by atoms with van der Waals surface area (Å²) in [6, 6.07) is 10.8. The largest absolute Gasteiger partial charge is 0.497 e. The Balaban J connectivity index is 1.33. The van der Waals surface area contributed by atoms with Crippen LogP contribution in [0.25, 0.3) is 11.8 Å². The second-order valence-corrected chi connectivity index (χ2v) is 11.1. The fraction of sp³-hybridized carbons (Fsp3) is 0.233. The van der Waals surface area contributed by atoms with Crippen molar-refractivity contribution in [1.29, 1.82) is 0 Å². The predicted octanol–water partition coefficient (Wildman–Crippen LogP) is 5.84. The van der Waals surface area contributed by atoms with Crippen molar-refractivity contribution in [3.63, 3.8) is 0 Å². The van der Waals surface area contributed by atoms with Gasteiger partial charge in [0.25, 0.3) is 0 Å². The maximum absolute atomic E-state index is 14.4. The van der Waals surface area contributed by atoms with E-state index in [0.717, 1.165) is 41.2 Å². The molecule has 2 aromatic heterocycles. The number of pyridine rings is 1. The van der Waals surface area contributed by atoms with Crippen LogP contribution in [0.2, 0.25) is 0 Å². The number of carbonyl (C=O) groups is 1. The number of nitrogens with zero attached hydrogens (tertiary/aromatic N) is 5. The molecule has 1 fully saturated rings. The van der Waals surface area contributed by atoms with Crippen LogP contribution in [0.15, 0.2) is 66.5 Å². The maximum atomic E-state index is 14.4. The minimum atomic E-state index is -1.58. The van der Waals surface area contributed by atoms with Gasteiger partial charge in [-0.3, -0.25) is 9.78 Å². The van der Waals surface area contributed by atoms with Crippen molar-refractivity contribution < 1.29 is 31.3 Å². The number of aromatic nitrogens is 3. The maximum Gasteiger partial charge on any atom is 0.194 e. The first-order valence-electron chi connectivity index (χ1n) is 13.2. The molecule has 13 heteroatoms. The van der Waals surface area contributed by atoms with Crippen molar-refractivity contribution in [2.24, 2.45) is 5.41 Å². The van der Waals surface area contributed by atoms with Crippen molar-refractivity contribution in [3.8, 4) is 17.2 Å². The van der Waals surface area contributed by atoms with E-state index in [2.05, 4.69) is 10.1 Å². The summed E-state index contributed by atoms with van der Waals surface area (Å²) in [7, 11) is 3.20. The molecule has 3 heterocycles. The Bertz CT molecular complexity index is 1710. The summed E-state index contributed by atoms with van der Waals surface area (Å²) in [5.74, 6) is -4.56. The van der Waals surface area contributed by atoms with Gasteiger partial charge in [0, 0.05) is 44.5 Å². The van der Waals surface area contributed by atoms with E-state index in [1.54, 1.807) is 46.6 Å². The van der Waals surface area contributed by atoms with Gasteiger partial charge in [-0.25, -0.2) is 27.3 Å². The van der Waals surface area contributed by atoms with E-state index in [0.29, 0.717) is 30.8 Å². The van der Waals surface area contributed by atoms with Gasteiger partial charge in [0.2, 0.25) is 0 Å². The second-order valence-electron chi connectivity index (χ2n) is 10.2. The van der Waals surface area contributed by atoms with E-state index in [9.17, 15) is 22.4 Å². The van der Waals surface area contributed by atoms with Crippen LogP contribution in [0, 0.1) is 28.7 Å². The third-order valence-electron chi connectivity index (χ3n) is 7.70. The molecule has 4 aromatic rings. The van der Waals surface area contributed by atoms with Gasteiger partial charge in [-0.2, -0.15) is 9.51 Å². The first-order valence-corrected chi connectivity index (χ1v) is 13.9. The molecule has 0 radical (unpaired) electrons. The van der Waals surface area contributed by atoms with E-state index in [1.807, 2.05) is 11.1 Å². The molecule has 0 spiro atoms. The fourth-order valence-electron chi connectivity index (χ4n) is 5.49. The quantitative estimate of drug-likeness (QED) is 0.0810. The summed E-state index contributed by atoms with van der Waals surface area (Å²) in [5.41, 5.74) is 2.41. The van der Waals surface area contributed by atoms with Crippen LogP contribution in [-0.2, 0) is 6.42 Å². The second kappa shape index (κ2) is 11.5. The van der Waals surface area contributed by atoms with Gasteiger partial charge in [0.1, 0.15) is 23.0 Å². The van der Waals surface area contributed by atoms with Crippen molar-refractivity contribution in [2.45, 2.75) is 12.8 Å². The topological polar surface area (TPSA) is 72.7 Å². The molecular formula is C30H25F4N5O3S. The summed E-state index contributed by atoms with van der Waals surface area (Å²) in [4.78, 5) is 18.7. The SMILES string of the molecule is COc1ccnc(C(=O)C23Cc4cnn(-c5ccc(F)cc5)c4C=C2CCN(N(C)SOc2cc(F)c(F)c(F)c2)C3)c1. The Labute approximate surface area is 248 Å². The fourth-order valence-corrected chi connectivity index (χ4v) is 6.01. The number of hydrogen-bond donors (Lipinski definition) is 0. The van der Waals surface area contributed by atoms with E-state index >= 15 is 0 Å². The Kier molecular flexibility index (Phi) is 7.71. The lowest BCUT2D eigenvalue weighted by molar-refractivity contribution is 0.0226. The molecule has 1 aliphatic heterocycles. The number of hydrazine groups is 1. The molecule has 2 aromatic carbocycles. The van der Waals surface area contributed by atoms with Crippen molar-refractivity contribution in [1.82, 2.24) is 24.2 Å². The highest BCUT2D eigenvalue weighted by molar-refractivity contribution is 7.92. The predicted molar refractivity (Wildman–Crippen MR) is 151 cm³/mol. The molecule has 8 nitrogen and oxygen atoms in total. The summed E-state index contributed by atoms with van der Waals surface area (Å²) in [6.07, 6.45) is 6.01. The standard InChI is InChI=1S/C30H25F4N5O3S/c1-37(43-42-23-12-24(32)28(34)25(33)13-23)38-10-8-19-11-27-18(16-36-39(27)21-5-3-20(31)4-6-21)15-30(19,17-38)29(40)26-14-22(41-2)7-9-35-26/h3-7,9,11-14,16H,8,10,15,17H2,1-2H3. The molecule has 0 N–H and O–H groups in total. The number of halogens is 4. The van der Waals surface area contributed by atoms with Gasteiger partial charge in [-0.15, -0.1) is 0 Å². The zero-order chi connectivity index (χ0) is 30.3.